The second kappa shape index (κ2) is 7.20. The molecule has 2 heterocycles. The molecule has 0 spiro atoms. The Kier molecular flexibility index (Phi) is 5.18. The van der Waals surface area contributed by atoms with E-state index in [0.717, 1.165) is 9.80 Å². The third kappa shape index (κ3) is 3.38. The second-order valence-electron chi connectivity index (χ2n) is 7.61. The van der Waals surface area contributed by atoms with Crippen LogP contribution >= 0.6 is 12.0 Å². The van der Waals surface area contributed by atoms with Crippen molar-refractivity contribution in [2.45, 2.75) is 44.7 Å². The molecule has 1 fully saturated rings. The standard InChI is InChI=1S/C19H20N2O7S/c1-9(22)12(18(26)28-19(2,3)4)21-16(25)13(17(21)29-27)20-14(23)10-7-5-6-8-11(10)15(20)24/h5-8,13,17,22,27H,1-4H3/b12-9+/t13-,17-/m1/s1. The molecule has 1 saturated heterocycles. The predicted molar refractivity (Wildman–Crippen MR) is 103 cm³/mol. The fraction of sp³-hybridized carbons (Fsp3) is 0.368. The third-order valence-corrected chi connectivity index (χ3v) is 5.09. The molecule has 1 aromatic rings. The van der Waals surface area contributed by atoms with Crippen LogP contribution in [0.15, 0.2) is 35.7 Å². The van der Waals surface area contributed by atoms with Gasteiger partial charge in [-0.3, -0.25) is 24.2 Å². The minimum absolute atomic E-state index is 0.159. The number of esters is 1. The average Bonchev–Trinajstić information content (AvgIpc) is 2.86. The maximum atomic E-state index is 12.9. The number of hydrogen-bond acceptors (Lipinski definition) is 8. The van der Waals surface area contributed by atoms with Gasteiger partial charge in [0.1, 0.15) is 16.7 Å². The zero-order chi connectivity index (χ0) is 21.7. The summed E-state index contributed by atoms with van der Waals surface area (Å²) in [5.41, 5.74) is -1.03. The molecule has 0 aliphatic carbocycles. The summed E-state index contributed by atoms with van der Waals surface area (Å²) in [6.07, 6.45) is 0. The molecule has 2 atom stereocenters. The Morgan fingerprint density at radius 1 is 1.10 bits per heavy atom. The number of rotatable bonds is 4. The first-order valence-electron chi connectivity index (χ1n) is 8.73. The van der Waals surface area contributed by atoms with E-state index in [2.05, 4.69) is 0 Å². The Morgan fingerprint density at radius 2 is 1.62 bits per heavy atom. The molecular formula is C19H20N2O7S. The Bertz CT molecular complexity index is 911. The third-order valence-electron chi connectivity index (χ3n) is 4.40. The minimum Gasteiger partial charge on any atom is -0.510 e. The van der Waals surface area contributed by atoms with Gasteiger partial charge in [0.05, 0.1) is 11.1 Å². The summed E-state index contributed by atoms with van der Waals surface area (Å²) in [5, 5.41) is 8.82. The van der Waals surface area contributed by atoms with Crippen LogP contribution in [-0.4, -0.2) is 60.2 Å². The maximum absolute atomic E-state index is 12.9. The number of amides is 3. The van der Waals surface area contributed by atoms with Gasteiger partial charge in [-0.1, -0.05) is 12.1 Å². The maximum Gasteiger partial charge on any atom is 0.359 e. The molecule has 3 rings (SSSR count). The summed E-state index contributed by atoms with van der Waals surface area (Å²) < 4.78 is 15.0. The number of ether oxygens (including phenoxy) is 1. The van der Waals surface area contributed by atoms with Gasteiger partial charge in [-0.2, -0.15) is 0 Å². The van der Waals surface area contributed by atoms with Crippen LogP contribution in [0.3, 0.4) is 0 Å². The number of β-lactam (4-membered cyclic amide) rings is 1. The van der Waals surface area contributed by atoms with E-state index < -0.39 is 52.2 Å². The molecule has 154 valence electrons. The molecule has 9 nitrogen and oxygen atoms in total. The van der Waals surface area contributed by atoms with Crippen molar-refractivity contribution in [1.82, 2.24) is 9.80 Å². The first-order chi connectivity index (χ1) is 13.5. The zero-order valence-electron chi connectivity index (χ0n) is 16.2. The number of likely N-dealkylation sites (tertiary alicyclic amines) is 1. The number of benzene rings is 1. The van der Waals surface area contributed by atoms with E-state index in [0.29, 0.717) is 0 Å². The fourth-order valence-electron chi connectivity index (χ4n) is 3.24. The van der Waals surface area contributed by atoms with Crippen molar-refractivity contribution in [2.75, 3.05) is 0 Å². The fourth-order valence-corrected chi connectivity index (χ4v) is 3.89. The van der Waals surface area contributed by atoms with E-state index in [4.69, 9.17) is 4.74 Å². The van der Waals surface area contributed by atoms with Gasteiger partial charge in [0, 0.05) is 12.0 Å². The molecule has 3 amide bonds. The van der Waals surface area contributed by atoms with E-state index in [-0.39, 0.29) is 23.2 Å². The summed E-state index contributed by atoms with van der Waals surface area (Å²) in [4.78, 5) is 52.3. The SMILES string of the molecule is C/C(O)=C(/C(=O)OC(C)(C)C)N1C(=O)[C@@H](N2C(=O)c3ccccc3C2=O)[C@H]1SO. The lowest BCUT2D eigenvalue weighted by Crippen LogP contribution is -2.70. The number of carbonyl (C=O) groups is 4. The molecule has 0 saturated carbocycles. The molecular weight excluding hydrogens is 400 g/mol. The predicted octanol–water partition coefficient (Wildman–Crippen LogP) is 2.16. The van der Waals surface area contributed by atoms with Gasteiger partial charge in [0.15, 0.2) is 11.7 Å². The van der Waals surface area contributed by atoms with E-state index in [1.54, 1.807) is 32.9 Å². The quantitative estimate of drug-likeness (QED) is 0.190. The van der Waals surface area contributed by atoms with Crippen molar-refractivity contribution in [3.8, 4) is 0 Å². The number of carbonyl (C=O) groups excluding carboxylic acids is 4. The Balaban J connectivity index is 1.93. The van der Waals surface area contributed by atoms with Gasteiger partial charge >= 0.3 is 5.97 Å². The lowest BCUT2D eigenvalue weighted by atomic mass is 10.0. The summed E-state index contributed by atoms with van der Waals surface area (Å²) in [6.45, 7) is 6.05. The number of allylic oxidation sites excluding steroid dienone is 1. The first-order valence-corrected chi connectivity index (χ1v) is 9.56. The summed E-state index contributed by atoms with van der Waals surface area (Å²) in [7, 11) is 0. The first kappa shape index (κ1) is 20.9. The lowest BCUT2D eigenvalue weighted by molar-refractivity contribution is -0.160. The Hall–Kier alpha value is -2.85. The van der Waals surface area contributed by atoms with Gasteiger partial charge in [-0.05, 0) is 39.8 Å². The smallest absolute Gasteiger partial charge is 0.359 e. The van der Waals surface area contributed by atoms with E-state index >= 15 is 0 Å². The van der Waals surface area contributed by atoms with Crippen LogP contribution in [0.4, 0.5) is 0 Å². The number of nitrogens with zero attached hydrogens (tertiary/aromatic N) is 2. The van der Waals surface area contributed by atoms with Gasteiger partial charge in [0.25, 0.3) is 17.7 Å². The molecule has 0 unspecified atom stereocenters. The largest absolute Gasteiger partial charge is 0.510 e. The van der Waals surface area contributed by atoms with Crippen LogP contribution in [0, 0.1) is 0 Å². The summed E-state index contributed by atoms with van der Waals surface area (Å²) in [6, 6.07) is 4.82. The highest BCUT2D eigenvalue weighted by Gasteiger charge is 2.59. The van der Waals surface area contributed by atoms with Gasteiger partial charge in [-0.15, -0.1) is 0 Å². The second-order valence-corrected chi connectivity index (χ2v) is 8.30. The van der Waals surface area contributed by atoms with Crippen molar-refractivity contribution >= 4 is 35.7 Å². The van der Waals surface area contributed by atoms with Crippen LogP contribution in [0.2, 0.25) is 0 Å². The number of aliphatic hydroxyl groups is 1. The Labute approximate surface area is 171 Å². The normalized spacial score (nSPS) is 22.3. The van der Waals surface area contributed by atoms with E-state index in [1.807, 2.05) is 0 Å². The highest BCUT2D eigenvalue weighted by Crippen LogP contribution is 2.40. The van der Waals surface area contributed by atoms with Crippen LogP contribution in [0.25, 0.3) is 0 Å². The van der Waals surface area contributed by atoms with Gasteiger partial charge in [0.2, 0.25) is 0 Å². The number of imide groups is 1. The monoisotopic (exact) mass is 420 g/mol. The van der Waals surface area contributed by atoms with Crippen LogP contribution in [0.5, 0.6) is 0 Å². The van der Waals surface area contributed by atoms with Crippen molar-refractivity contribution in [1.29, 1.82) is 0 Å². The molecule has 2 aliphatic rings. The van der Waals surface area contributed by atoms with Crippen molar-refractivity contribution in [3.63, 3.8) is 0 Å². The molecule has 0 bridgehead atoms. The van der Waals surface area contributed by atoms with Crippen molar-refractivity contribution in [2.24, 2.45) is 0 Å². The average molecular weight is 420 g/mol. The topological polar surface area (TPSA) is 124 Å². The molecule has 0 aromatic heterocycles. The molecule has 29 heavy (non-hydrogen) atoms. The lowest BCUT2D eigenvalue weighted by Gasteiger charge is -2.47. The van der Waals surface area contributed by atoms with Crippen molar-refractivity contribution < 1.29 is 33.6 Å². The number of aliphatic hydroxyl groups excluding tert-OH is 1. The zero-order valence-corrected chi connectivity index (χ0v) is 17.0. The summed E-state index contributed by atoms with van der Waals surface area (Å²) >= 11 is 0.188. The molecule has 2 N–H and O–H groups in total. The molecule has 10 heteroatoms. The van der Waals surface area contributed by atoms with Gasteiger partial charge in [-0.25, -0.2) is 4.79 Å². The number of fused-ring (bicyclic) bond motifs is 1. The van der Waals surface area contributed by atoms with E-state index in [1.165, 1.54) is 19.1 Å². The molecule has 0 radical (unpaired) electrons. The highest BCUT2D eigenvalue weighted by atomic mass is 32.2. The minimum atomic E-state index is -1.32. The van der Waals surface area contributed by atoms with Gasteiger partial charge < -0.3 is 14.4 Å². The van der Waals surface area contributed by atoms with Crippen LogP contribution < -0.4 is 0 Å². The van der Waals surface area contributed by atoms with Crippen LogP contribution in [-0.2, 0) is 14.3 Å². The number of hydrogen-bond donors (Lipinski definition) is 2. The summed E-state index contributed by atoms with van der Waals surface area (Å²) in [5.74, 6) is -3.57. The Morgan fingerprint density at radius 3 is 2.03 bits per heavy atom. The van der Waals surface area contributed by atoms with Crippen LogP contribution in [0.1, 0.15) is 48.4 Å². The van der Waals surface area contributed by atoms with Crippen molar-refractivity contribution in [3.05, 3.63) is 46.8 Å². The molecule has 1 aromatic carbocycles. The highest BCUT2D eigenvalue weighted by molar-refractivity contribution is 7.94. The van der Waals surface area contributed by atoms with E-state index in [9.17, 15) is 28.8 Å². The molecule has 2 aliphatic heterocycles.